The monoisotopic (exact) mass is 538 g/mol. The van der Waals surface area contributed by atoms with Crippen molar-refractivity contribution in [3.05, 3.63) is 86.9 Å². The molecule has 4 aromatic rings. The van der Waals surface area contributed by atoms with Crippen molar-refractivity contribution in [3.8, 4) is 17.2 Å². The Morgan fingerprint density at radius 1 is 1.18 bits per heavy atom. The lowest BCUT2D eigenvalue weighted by Gasteiger charge is -2.07. The van der Waals surface area contributed by atoms with E-state index in [4.69, 9.17) is 16.6 Å². The van der Waals surface area contributed by atoms with Crippen molar-refractivity contribution in [1.29, 1.82) is 0 Å². The first kappa shape index (κ1) is 23.1. The fourth-order valence-corrected chi connectivity index (χ4v) is 3.60. The molecule has 0 aliphatic heterocycles. The number of oxazole rings is 1. The first-order chi connectivity index (χ1) is 16.3. The fraction of sp³-hybridized carbons (Fsp3) is 0. The molecule has 3 aromatic carbocycles. The first-order valence-electron chi connectivity index (χ1n) is 9.72. The van der Waals surface area contributed by atoms with Crippen LogP contribution >= 0.6 is 28.1 Å². The molecule has 0 fully saturated rings. The summed E-state index contributed by atoms with van der Waals surface area (Å²) in [7, 11) is 0. The Balaban J connectivity index is 1.41. The highest BCUT2D eigenvalue weighted by Gasteiger charge is 2.11. The molecule has 0 radical (unpaired) electrons. The van der Waals surface area contributed by atoms with Crippen molar-refractivity contribution in [2.24, 2.45) is 0 Å². The number of hydrogen-bond donors (Lipinski definition) is 3. The standard InChI is InChI=1S/C23H15BrN4O5S/c24-17-11-14(5-7-19(17)29)22-26-18-12-15(6-8-20(18)33-22)25-23(34)27-21(30)9-4-13-2-1-3-16(10-13)28(31)32/h1-12,29H,(H2,25,27,30,34). The van der Waals surface area contributed by atoms with E-state index in [-0.39, 0.29) is 16.5 Å². The molecule has 170 valence electrons. The van der Waals surface area contributed by atoms with E-state index >= 15 is 0 Å². The van der Waals surface area contributed by atoms with Crippen molar-refractivity contribution >= 4 is 67.7 Å². The Kier molecular flexibility index (Phi) is 6.66. The van der Waals surface area contributed by atoms with Crippen LogP contribution in [0.4, 0.5) is 11.4 Å². The van der Waals surface area contributed by atoms with E-state index in [9.17, 15) is 20.0 Å². The highest BCUT2D eigenvalue weighted by molar-refractivity contribution is 9.10. The second kappa shape index (κ2) is 9.81. The molecule has 0 spiro atoms. The molecule has 1 heterocycles. The van der Waals surface area contributed by atoms with Crippen LogP contribution in [0.15, 0.2) is 75.6 Å². The van der Waals surface area contributed by atoms with E-state index in [1.807, 2.05) is 0 Å². The van der Waals surface area contributed by atoms with Crippen LogP contribution in [0.5, 0.6) is 5.75 Å². The van der Waals surface area contributed by atoms with Gasteiger partial charge in [-0.3, -0.25) is 20.2 Å². The van der Waals surface area contributed by atoms with Crippen LogP contribution in [0.25, 0.3) is 28.6 Å². The molecule has 11 heteroatoms. The van der Waals surface area contributed by atoms with Crippen molar-refractivity contribution in [1.82, 2.24) is 10.3 Å². The number of nitrogens with zero attached hydrogens (tertiary/aromatic N) is 2. The Labute approximate surface area is 206 Å². The summed E-state index contributed by atoms with van der Waals surface area (Å²) in [6.07, 6.45) is 2.69. The summed E-state index contributed by atoms with van der Waals surface area (Å²) in [5.41, 5.74) is 2.85. The van der Waals surface area contributed by atoms with Gasteiger partial charge >= 0.3 is 0 Å². The van der Waals surface area contributed by atoms with Gasteiger partial charge in [0.25, 0.3) is 5.69 Å². The largest absolute Gasteiger partial charge is 0.507 e. The van der Waals surface area contributed by atoms with Gasteiger partial charge in [-0.1, -0.05) is 12.1 Å². The molecule has 4 rings (SSSR count). The molecule has 0 aliphatic rings. The van der Waals surface area contributed by atoms with E-state index in [1.165, 1.54) is 36.4 Å². The molecular formula is C23H15BrN4O5S. The zero-order chi connectivity index (χ0) is 24.2. The second-order valence-electron chi connectivity index (χ2n) is 7.00. The summed E-state index contributed by atoms with van der Waals surface area (Å²) in [5, 5.41) is 26.0. The number of carbonyl (C=O) groups is 1. The summed E-state index contributed by atoms with van der Waals surface area (Å²) >= 11 is 8.46. The maximum absolute atomic E-state index is 12.2. The average Bonchev–Trinajstić information content (AvgIpc) is 3.23. The average molecular weight is 539 g/mol. The van der Waals surface area contributed by atoms with E-state index in [0.29, 0.717) is 38.3 Å². The van der Waals surface area contributed by atoms with Crippen molar-refractivity contribution in [2.45, 2.75) is 0 Å². The molecule has 0 saturated heterocycles. The number of phenols is 1. The van der Waals surface area contributed by atoms with Gasteiger partial charge < -0.3 is 14.8 Å². The number of nitrogens with one attached hydrogen (secondary N) is 2. The SMILES string of the molecule is O=C(C=Cc1cccc([N+](=O)[O-])c1)NC(=S)Nc1ccc2oc(-c3ccc(O)c(Br)c3)nc2c1. The Morgan fingerprint density at radius 3 is 2.76 bits per heavy atom. The van der Waals surface area contributed by atoms with E-state index in [1.54, 1.807) is 36.4 Å². The van der Waals surface area contributed by atoms with Crippen LogP contribution in [-0.2, 0) is 4.79 Å². The number of rotatable bonds is 5. The van der Waals surface area contributed by atoms with Crippen molar-refractivity contribution < 1.29 is 19.2 Å². The minimum absolute atomic E-state index is 0.0656. The number of carbonyl (C=O) groups excluding carboxylic acids is 1. The van der Waals surface area contributed by atoms with E-state index < -0.39 is 10.8 Å². The molecule has 0 atom stereocenters. The smallest absolute Gasteiger partial charge is 0.270 e. The van der Waals surface area contributed by atoms with Crippen LogP contribution in [0.1, 0.15) is 5.56 Å². The van der Waals surface area contributed by atoms with Crippen LogP contribution in [0.2, 0.25) is 0 Å². The maximum atomic E-state index is 12.2. The van der Waals surface area contributed by atoms with Gasteiger partial charge in [0.1, 0.15) is 11.3 Å². The number of phenolic OH excluding ortho intramolecular Hbond substituents is 1. The lowest BCUT2D eigenvalue weighted by atomic mass is 10.2. The highest BCUT2D eigenvalue weighted by atomic mass is 79.9. The molecule has 0 bridgehead atoms. The lowest BCUT2D eigenvalue weighted by molar-refractivity contribution is -0.384. The first-order valence-corrected chi connectivity index (χ1v) is 10.9. The van der Waals surface area contributed by atoms with Gasteiger partial charge in [0, 0.05) is 29.5 Å². The molecule has 0 aliphatic carbocycles. The predicted molar refractivity (Wildman–Crippen MR) is 135 cm³/mol. The number of aromatic nitrogens is 1. The third-order valence-corrected chi connectivity index (χ3v) is 5.42. The highest BCUT2D eigenvalue weighted by Crippen LogP contribution is 2.31. The quantitative estimate of drug-likeness (QED) is 0.133. The second-order valence-corrected chi connectivity index (χ2v) is 8.26. The Morgan fingerprint density at radius 2 is 2.00 bits per heavy atom. The summed E-state index contributed by atoms with van der Waals surface area (Å²) < 4.78 is 6.30. The Bertz CT molecular complexity index is 1470. The minimum Gasteiger partial charge on any atom is -0.507 e. The van der Waals surface area contributed by atoms with Gasteiger partial charge in [0.05, 0.1) is 9.40 Å². The van der Waals surface area contributed by atoms with Crippen LogP contribution in [-0.4, -0.2) is 26.0 Å². The Hall–Kier alpha value is -4.09. The zero-order valence-corrected chi connectivity index (χ0v) is 19.6. The van der Waals surface area contributed by atoms with Crippen molar-refractivity contribution in [2.75, 3.05) is 5.32 Å². The topological polar surface area (TPSA) is 131 Å². The van der Waals surface area contributed by atoms with Gasteiger partial charge in [-0.25, -0.2) is 4.98 Å². The third kappa shape index (κ3) is 5.45. The van der Waals surface area contributed by atoms with Gasteiger partial charge in [0.2, 0.25) is 11.8 Å². The lowest BCUT2D eigenvalue weighted by Crippen LogP contribution is -2.32. The molecule has 0 saturated carbocycles. The summed E-state index contributed by atoms with van der Waals surface area (Å²) in [4.78, 5) is 27.0. The van der Waals surface area contributed by atoms with Crippen molar-refractivity contribution in [3.63, 3.8) is 0 Å². The number of anilines is 1. The number of fused-ring (bicyclic) bond motifs is 1. The van der Waals surface area contributed by atoms with Gasteiger partial charge in [-0.2, -0.15) is 0 Å². The fourth-order valence-electron chi connectivity index (χ4n) is 3.00. The predicted octanol–water partition coefficient (Wildman–Crippen LogP) is 5.40. The number of thiocarbonyl (C=S) groups is 1. The number of non-ortho nitro benzene ring substituents is 1. The number of amides is 1. The van der Waals surface area contributed by atoms with Crippen LogP contribution < -0.4 is 10.6 Å². The molecular weight excluding hydrogens is 524 g/mol. The number of aromatic hydroxyl groups is 1. The number of nitro benzene ring substituents is 1. The zero-order valence-electron chi connectivity index (χ0n) is 17.2. The number of benzene rings is 3. The summed E-state index contributed by atoms with van der Waals surface area (Å²) in [6.45, 7) is 0. The van der Waals surface area contributed by atoms with Gasteiger partial charge in [0.15, 0.2) is 10.7 Å². The van der Waals surface area contributed by atoms with Gasteiger partial charge in [-0.05, 0) is 76.2 Å². The molecule has 3 N–H and O–H groups in total. The molecule has 9 nitrogen and oxygen atoms in total. The maximum Gasteiger partial charge on any atom is 0.270 e. The van der Waals surface area contributed by atoms with Crippen LogP contribution in [0.3, 0.4) is 0 Å². The minimum atomic E-state index is -0.505. The number of nitro groups is 1. The number of halogens is 1. The molecule has 0 unspecified atom stereocenters. The summed E-state index contributed by atoms with van der Waals surface area (Å²) in [5.74, 6) is 0.00330. The van der Waals surface area contributed by atoms with E-state index in [0.717, 1.165) is 0 Å². The molecule has 1 amide bonds. The molecule has 34 heavy (non-hydrogen) atoms. The van der Waals surface area contributed by atoms with E-state index in [2.05, 4.69) is 31.5 Å². The van der Waals surface area contributed by atoms with Crippen LogP contribution in [0, 0.1) is 10.1 Å². The molecule has 1 aromatic heterocycles. The number of hydrogen-bond acceptors (Lipinski definition) is 7. The normalized spacial score (nSPS) is 11.0. The third-order valence-electron chi connectivity index (χ3n) is 4.58. The van der Waals surface area contributed by atoms with Gasteiger partial charge in [-0.15, -0.1) is 0 Å². The summed E-state index contributed by atoms with van der Waals surface area (Å²) in [6, 6.07) is 16.0.